The van der Waals surface area contributed by atoms with Gasteiger partial charge < -0.3 is 4.74 Å². The summed E-state index contributed by atoms with van der Waals surface area (Å²) in [5.74, 6) is -0.487. The molecule has 0 saturated carbocycles. The van der Waals surface area contributed by atoms with Crippen molar-refractivity contribution in [1.82, 2.24) is 0 Å². The van der Waals surface area contributed by atoms with Crippen LogP contribution >= 0.6 is 23.2 Å². The van der Waals surface area contributed by atoms with Crippen molar-refractivity contribution in [3.05, 3.63) is 63.6 Å². The summed E-state index contributed by atoms with van der Waals surface area (Å²) in [5, 5.41) is 5.85. The molecule has 3 rings (SSSR count). The molecular formula is C16H11Cl2NO4S. The fourth-order valence-corrected chi connectivity index (χ4v) is 3.23. The number of hydrogen-bond acceptors (Lipinski definition) is 4. The average molecular weight is 384 g/mol. The molecule has 0 aliphatic carbocycles. The summed E-state index contributed by atoms with van der Waals surface area (Å²) in [6, 6.07) is 10.7. The fourth-order valence-electron chi connectivity index (χ4n) is 2.42. The van der Waals surface area contributed by atoms with E-state index in [1.54, 1.807) is 18.2 Å². The number of benzene rings is 2. The van der Waals surface area contributed by atoms with Crippen molar-refractivity contribution < 1.29 is 17.9 Å². The molecule has 0 spiro atoms. The van der Waals surface area contributed by atoms with Crippen LogP contribution in [0.2, 0.25) is 10.0 Å². The standard InChI is InChI=1S/C16H11Cl2NO4S/c17-13-6-3-10(7-14(13)18)12-8-23-16(20)15(12)9-1-4-11(5-2-9)24(19,21)22/h1-7H,8H2,(H2,19,21,22). The number of nitrogens with two attached hydrogens (primary N) is 1. The Balaban J connectivity index is 2.11. The molecule has 0 atom stereocenters. The third-order valence-electron chi connectivity index (χ3n) is 3.59. The highest BCUT2D eigenvalue weighted by molar-refractivity contribution is 7.89. The second kappa shape index (κ2) is 6.22. The van der Waals surface area contributed by atoms with E-state index < -0.39 is 16.0 Å². The molecule has 1 aliphatic heterocycles. The number of cyclic esters (lactones) is 1. The number of rotatable bonds is 3. The summed E-state index contributed by atoms with van der Waals surface area (Å²) in [5.41, 5.74) is 2.25. The van der Waals surface area contributed by atoms with Gasteiger partial charge in [-0.25, -0.2) is 18.4 Å². The van der Waals surface area contributed by atoms with E-state index in [0.717, 1.165) is 0 Å². The highest BCUT2D eigenvalue weighted by Gasteiger charge is 2.27. The summed E-state index contributed by atoms with van der Waals surface area (Å²) in [6.07, 6.45) is 0. The first kappa shape index (κ1) is 17.0. The maximum absolute atomic E-state index is 12.1. The van der Waals surface area contributed by atoms with Crippen LogP contribution in [0.1, 0.15) is 11.1 Å². The van der Waals surface area contributed by atoms with Crippen LogP contribution in [-0.2, 0) is 19.6 Å². The maximum Gasteiger partial charge on any atom is 0.339 e. The lowest BCUT2D eigenvalue weighted by atomic mass is 9.97. The zero-order chi connectivity index (χ0) is 17.5. The monoisotopic (exact) mass is 383 g/mol. The van der Waals surface area contributed by atoms with Gasteiger partial charge >= 0.3 is 5.97 Å². The molecule has 0 unspecified atom stereocenters. The van der Waals surface area contributed by atoms with Gasteiger partial charge in [0.15, 0.2) is 0 Å². The second-order valence-electron chi connectivity index (χ2n) is 5.13. The Morgan fingerprint density at radius 3 is 2.17 bits per heavy atom. The van der Waals surface area contributed by atoms with Crippen LogP contribution < -0.4 is 5.14 Å². The topological polar surface area (TPSA) is 86.5 Å². The van der Waals surface area contributed by atoms with Gasteiger partial charge in [0.25, 0.3) is 0 Å². The molecule has 0 radical (unpaired) electrons. The largest absolute Gasteiger partial charge is 0.457 e. The van der Waals surface area contributed by atoms with Crippen LogP contribution in [0.25, 0.3) is 11.1 Å². The molecule has 2 N–H and O–H groups in total. The van der Waals surface area contributed by atoms with Gasteiger partial charge in [0.1, 0.15) is 6.61 Å². The summed E-state index contributed by atoms with van der Waals surface area (Å²) < 4.78 is 27.8. The Bertz CT molecular complexity index is 966. The molecule has 124 valence electrons. The summed E-state index contributed by atoms with van der Waals surface area (Å²) in [6.45, 7) is 0.100. The van der Waals surface area contributed by atoms with Crippen LogP contribution in [0.4, 0.5) is 0 Å². The number of primary sulfonamides is 1. The third-order valence-corrected chi connectivity index (χ3v) is 5.26. The van der Waals surface area contributed by atoms with Gasteiger partial charge in [-0.1, -0.05) is 41.4 Å². The maximum atomic E-state index is 12.1. The lowest BCUT2D eigenvalue weighted by Crippen LogP contribution is -2.12. The lowest BCUT2D eigenvalue weighted by molar-refractivity contribution is -0.133. The van der Waals surface area contributed by atoms with Crippen molar-refractivity contribution in [3.63, 3.8) is 0 Å². The van der Waals surface area contributed by atoms with E-state index in [2.05, 4.69) is 0 Å². The lowest BCUT2D eigenvalue weighted by Gasteiger charge is -2.07. The quantitative estimate of drug-likeness (QED) is 0.824. The number of esters is 1. The molecule has 0 saturated heterocycles. The molecular weight excluding hydrogens is 373 g/mol. The Labute approximate surface area is 148 Å². The first-order valence-corrected chi connectivity index (χ1v) is 9.06. The summed E-state index contributed by atoms with van der Waals surface area (Å²) >= 11 is 11.9. The van der Waals surface area contributed by atoms with Gasteiger partial charge in [0.05, 0.1) is 20.5 Å². The highest BCUT2D eigenvalue weighted by Crippen LogP contribution is 2.35. The second-order valence-corrected chi connectivity index (χ2v) is 7.50. The van der Waals surface area contributed by atoms with E-state index >= 15 is 0 Å². The zero-order valence-corrected chi connectivity index (χ0v) is 14.5. The van der Waals surface area contributed by atoms with Gasteiger partial charge in [-0.3, -0.25) is 0 Å². The molecule has 1 heterocycles. The highest BCUT2D eigenvalue weighted by atomic mass is 35.5. The molecule has 0 fully saturated rings. The Hall–Kier alpha value is -1.86. The SMILES string of the molecule is NS(=O)(=O)c1ccc(C2=C(c3ccc(Cl)c(Cl)c3)COC2=O)cc1. The van der Waals surface area contributed by atoms with Gasteiger partial charge in [-0.2, -0.15) is 0 Å². The predicted octanol–water partition coefficient (Wildman–Crippen LogP) is 3.11. The first-order chi connectivity index (χ1) is 11.3. The minimum Gasteiger partial charge on any atom is -0.457 e. The molecule has 1 aliphatic rings. The average Bonchev–Trinajstić information content (AvgIpc) is 2.91. The minimum absolute atomic E-state index is 0.0331. The smallest absolute Gasteiger partial charge is 0.339 e. The third kappa shape index (κ3) is 3.18. The van der Waals surface area contributed by atoms with Crippen LogP contribution in [-0.4, -0.2) is 21.0 Å². The van der Waals surface area contributed by atoms with Gasteiger partial charge in [-0.15, -0.1) is 0 Å². The van der Waals surface area contributed by atoms with Gasteiger partial charge in [0.2, 0.25) is 10.0 Å². The molecule has 5 nitrogen and oxygen atoms in total. The minimum atomic E-state index is -3.80. The van der Waals surface area contributed by atoms with Crippen LogP contribution in [0.5, 0.6) is 0 Å². The van der Waals surface area contributed by atoms with E-state index in [4.69, 9.17) is 33.1 Å². The molecule has 0 amide bonds. The van der Waals surface area contributed by atoms with E-state index in [1.165, 1.54) is 24.3 Å². The van der Waals surface area contributed by atoms with Crippen LogP contribution in [0, 0.1) is 0 Å². The number of halogens is 2. The van der Waals surface area contributed by atoms with Gasteiger partial charge in [0, 0.05) is 5.57 Å². The van der Waals surface area contributed by atoms with Crippen LogP contribution in [0.15, 0.2) is 47.4 Å². The Morgan fingerprint density at radius 2 is 1.58 bits per heavy atom. The zero-order valence-electron chi connectivity index (χ0n) is 12.1. The number of sulfonamides is 1. The molecule has 0 aromatic heterocycles. The van der Waals surface area contributed by atoms with Crippen LogP contribution in [0.3, 0.4) is 0 Å². The molecule has 2 aromatic carbocycles. The van der Waals surface area contributed by atoms with Crippen molar-refractivity contribution in [2.75, 3.05) is 6.61 Å². The molecule has 0 bridgehead atoms. The van der Waals surface area contributed by atoms with Gasteiger partial charge in [-0.05, 0) is 35.4 Å². The fraction of sp³-hybridized carbons (Fsp3) is 0.0625. The molecule has 2 aromatic rings. The van der Waals surface area contributed by atoms with Crippen molar-refractivity contribution in [2.45, 2.75) is 4.90 Å². The number of ether oxygens (including phenoxy) is 1. The van der Waals surface area contributed by atoms with E-state index in [-0.39, 0.29) is 11.5 Å². The van der Waals surface area contributed by atoms with Crippen molar-refractivity contribution in [2.24, 2.45) is 5.14 Å². The predicted molar refractivity (Wildman–Crippen MR) is 92.1 cm³/mol. The van der Waals surface area contributed by atoms with E-state index in [0.29, 0.717) is 32.3 Å². The first-order valence-electron chi connectivity index (χ1n) is 6.76. The Kier molecular flexibility index (Phi) is 4.40. The number of carbonyl (C=O) groups excluding carboxylic acids is 1. The van der Waals surface area contributed by atoms with E-state index in [1.807, 2.05) is 0 Å². The van der Waals surface area contributed by atoms with Crippen molar-refractivity contribution >= 4 is 50.3 Å². The summed E-state index contributed by atoms with van der Waals surface area (Å²) in [4.78, 5) is 12.1. The van der Waals surface area contributed by atoms with Crippen molar-refractivity contribution in [3.8, 4) is 0 Å². The number of carbonyl (C=O) groups is 1. The van der Waals surface area contributed by atoms with E-state index in [9.17, 15) is 13.2 Å². The normalized spacial score (nSPS) is 14.9. The number of hydrogen-bond donors (Lipinski definition) is 1. The molecule has 8 heteroatoms. The summed E-state index contributed by atoms with van der Waals surface area (Å²) in [7, 11) is -3.80. The molecule has 24 heavy (non-hydrogen) atoms. The Morgan fingerprint density at radius 1 is 0.958 bits per heavy atom. The van der Waals surface area contributed by atoms with Crippen molar-refractivity contribution in [1.29, 1.82) is 0 Å².